The molecule has 0 saturated carbocycles. The van der Waals surface area contributed by atoms with Gasteiger partial charge in [-0.25, -0.2) is 0 Å². The van der Waals surface area contributed by atoms with Gasteiger partial charge in [0.2, 0.25) is 0 Å². The molecule has 1 aliphatic rings. The van der Waals surface area contributed by atoms with Crippen molar-refractivity contribution in [1.29, 1.82) is 10.7 Å². The topological polar surface area (TPSA) is 120 Å². The van der Waals surface area contributed by atoms with Crippen molar-refractivity contribution in [2.45, 2.75) is 13.1 Å². The third-order valence-corrected chi connectivity index (χ3v) is 6.36. The number of alkyl halides is 3. The zero-order valence-corrected chi connectivity index (χ0v) is 20.8. The number of amides is 1. The number of halogens is 4. The minimum atomic E-state index is -4.55. The van der Waals surface area contributed by atoms with Crippen molar-refractivity contribution < 1.29 is 28.4 Å². The highest BCUT2D eigenvalue weighted by Gasteiger charge is 2.32. The van der Waals surface area contributed by atoms with E-state index in [0.717, 1.165) is 43.2 Å². The van der Waals surface area contributed by atoms with Gasteiger partial charge in [0.25, 0.3) is 5.91 Å². The minimum Gasteiger partial charge on any atom is -0.395 e. The lowest BCUT2D eigenvalue weighted by molar-refractivity contribution is -0.517. The number of nitriles is 1. The van der Waals surface area contributed by atoms with Gasteiger partial charge in [-0.3, -0.25) is 15.0 Å². The lowest BCUT2D eigenvalue weighted by Gasteiger charge is -2.36. The summed E-state index contributed by atoms with van der Waals surface area (Å²) >= 11 is 6.06. The Kier molecular flexibility index (Phi) is 9.29. The molecule has 5 N–H and O–H groups in total. The van der Waals surface area contributed by atoms with Gasteiger partial charge in [0.05, 0.1) is 23.4 Å². The second-order valence-corrected chi connectivity index (χ2v) is 8.88. The molecule has 0 aliphatic carbocycles. The number of quaternary nitrogens is 1. The molecular formula is C25H27ClF3N6O2+. The number of aliphatic hydroxyl groups excluding tert-OH is 1. The number of carbonyl (C=O) groups is 1. The van der Waals surface area contributed by atoms with Crippen LogP contribution in [0.5, 0.6) is 0 Å². The Hall–Kier alpha value is -3.43. The summed E-state index contributed by atoms with van der Waals surface area (Å²) in [6.07, 6.45) is -3.74. The second-order valence-electron chi connectivity index (χ2n) is 8.47. The van der Waals surface area contributed by atoms with E-state index in [1.165, 1.54) is 18.3 Å². The normalized spacial score (nSPS) is 15.1. The number of piperazine rings is 1. The molecule has 196 valence electrons. The van der Waals surface area contributed by atoms with Gasteiger partial charge in [-0.2, -0.15) is 18.4 Å². The predicted octanol–water partition coefficient (Wildman–Crippen LogP) is 3.10. The first-order valence-electron chi connectivity index (χ1n) is 11.4. The van der Waals surface area contributed by atoms with E-state index in [2.05, 4.69) is 21.2 Å². The Labute approximate surface area is 217 Å². The molecule has 2 aromatic rings. The Balaban J connectivity index is 1.76. The van der Waals surface area contributed by atoms with Crippen LogP contribution in [-0.2, 0) is 11.0 Å². The zero-order valence-electron chi connectivity index (χ0n) is 20.1. The van der Waals surface area contributed by atoms with Crippen molar-refractivity contribution in [3.05, 3.63) is 63.8 Å². The molecule has 1 fully saturated rings. The van der Waals surface area contributed by atoms with Crippen molar-refractivity contribution in [3.63, 3.8) is 0 Å². The van der Waals surface area contributed by atoms with E-state index >= 15 is 0 Å². The molecule has 2 aromatic carbocycles. The lowest BCUT2D eigenvalue weighted by atomic mass is 10.1. The third-order valence-electron chi connectivity index (χ3n) is 6.01. The lowest BCUT2D eigenvalue weighted by Crippen LogP contribution is -2.76. The van der Waals surface area contributed by atoms with Gasteiger partial charge in [0.1, 0.15) is 22.4 Å². The van der Waals surface area contributed by atoms with Crippen molar-refractivity contribution in [2.75, 3.05) is 49.5 Å². The molecule has 0 bridgehead atoms. The van der Waals surface area contributed by atoms with Crippen LogP contribution in [0.3, 0.4) is 0 Å². The first-order chi connectivity index (χ1) is 17.6. The molecule has 0 unspecified atom stereocenters. The van der Waals surface area contributed by atoms with Crippen molar-refractivity contribution in [3.8, 4) is 6.07 Å². The highest BCUT2D eigenvalue weighted by molar-refractivity contribution is 6.32. The molecule has 0 atom stereocenters. The highest BCUT2D eigenvalue weighted by atomic mass is 35.5. The van der Waals surface area contributed by atoms with Gasteiger partial charge in [-0.1, -0.05) is 11.6 Å². The highest BCUT2D eigenvalue weighted by Crippen LogP contribution is 2.32. The quantitative estimate of drug-likeness (QED) is 0.235. The predicted molar refractivity (Wildman–Crippen MR) is 135 cm³/mol. The number of allylic oxidation sites excluding steroid dienone is 1. The second kappa shape index (κ2) is 12.2. The number of benzene rings is 2. The van der Waals surface area contributed by atoms with Crippen LogP contribution in [0, 0.1) is 16.7 Å². The number of nitrogens with zero attached hydrogens (tertiary/aromatic N) is 3. The van der Waals surface area contributed by atoms with E-state index in [-0.39, 0.29) is 28.6 Å². The smallest absolute Gasteiger partial charge is 0.395 e. The van der Waals surface area contributed by atoms with Crippen LogP contribution in [0.15, 0.2) is 47.7 Å². The van der Waals surface area contributed by atoms with Gasteiger partial charge in [0.15, 0.2) is 5.69 Å². The van der Waals surface area contributed by atoms with E-state index in [4.69, 9.17) is 22.1 Å². The van der Waals surface area contributed by atoms with Gasteiger partial charge in [0, 0.05) is 57.6 Å². The molecule has 0 aromatic heterocycles. The number of carbonyl (C=O) groups excluding carboxylic acids is 1. The molecular weight excluding hydrogens is 509 g/mol. The van der Waals surface area contributed by atoms with Crippen LogP contribution in [-0.4, -0.2) is 61.5 Å². The summed E-state index contributed by atoms with van der Waals surface area (Å²) in [6, 6.07) is 9.96. The summed E-state index contributed by atoms with van der Waals surface area (Å²) < 4.78 is 39.3. The first-order valence-corrected chi connectivity index (χ1v) is 11.8. The van der Waals surface area contributed by atoms with Crippen LogP contribution in [0.4, 0.5) is 30.2 Å². The van der Waals surface area contributed by atoms with Gasteiger partial charge >= 0.3 is 6.18 Å². The van der Waals surface area contributed by atoms with Gasteiger partial charge in [-0.05, 0) is 30.3 Å². The Morgan fingerprint density at radius 3 is 2.54 bits per heavy atom. The molecule has 1 amide bonds. The van der Waals surface area contributed by atoms with Gasteiger partial charge < -0.3 is 20.7 Å². The van der Waals surface area contributed by atoms with Crippen LogP contribution < -0.4 is 15.5 Å². The average molecular weight is 536 g/mol. The third kappa shape index (κ3) is 7.08. The number of hydrogen-bond donors (Lipinski definition) is 4. The summed E-state index contributed by atoms with van der Waals surface area (Å²) in [5, 5.41) is 30.5. The molecule has 0 spiro atoms. The fraction of sp³-hybridized carbons (Fsp3) is 0.320. The summed E-state index contributed by atoms with van der Waals surface area (Å²) in [4.78, 5) is 17.1. The van der Waals surface area contributed by atoms with Crippen LogP contribution in [0.25, 0.3) is 0 Å². The van der Waals surface area contributed by atoms with Crippen LogP contribution in [0.2, 0.25) is 5.02 Å². The first kappa shape index (κ1) is 28.1. The Morgan fingerprint density at radius 1 is 1.24 bits per heavy atom. The molecule has 37 heavy (non-hydrogen) atoms. The van der Waals surface area contributed by atoms with Crippen LogP contribution in [0.1, 0.15) is 18.1 Å². The van der Waals surface area contributed by atoms with E-state index in [1.54, 1.807) is 12.1 Å². The number of hydrogen-bond acceptors (Lipinski definition) is 6. The monoisotopic (exact) mass is 535 g/mol. The number of nitrogens with one attached hydrogen (secondary N) is 2. The Bertz CT molecular complexity index is 1230. The summed E-state index contributed by atoms with van der Waals surface area (Å²) in [7, 11) is 0. The molecule has 1 aliphatic heterocycles. The molecule has 0 radical (unpaired) electrons. The van der Waals surface area contributed by atoms with E-state index in [9.17, 15) is 23.2 Å². The summed E-state index contributed by atoms with van der Waals surface area (Å²) in [5.74, 6) is -0.652. The standard InChI is InChI=1S/C25H26ClF3N6O2/c1-16(32-22-13-18(25(27,28)29)2-4-21(22)26)20(15-31)24(37)33-19-3-5-23(17(12-19)14-30)35-8-6-34(7-9-35)10-11-36/h2-5,12-13,15,31-32,36H,6-11H2,1H3,(H,33,37)/p+1. The van der Waals surface area contributed by atoms with Crippen molar-refractivity contribution >= 4 is 40.8 Å². The van der Waals surface area contributed by atoms with Crippen molar-refractivity contribution in [2.24, 2.45) is 0 Å². The Morgan fingerprint density at radius 2 is 1.95 bits per heavy atom. The maximum Gasteiger partial charge on any atom is 0.416 e. The molecule has 3 rings (SSSR count). The average Bonchev–Trinajstić information content (AvgIpc) is 2.86. The fourth-order valence-corrected chi connectivity index (χ4v) is 4.20. The SMILES string of the molecule is CC([NH2+]c1cc(C(F)(F)F)ccc1Cl)=C(C=N)C(=O)Nc1ccc(N2CCN(CCO)CC2)c(C#N)c1. The number of anilines is 2. The maximum absolute atomic E-state index is 13.1. The van der Waals surface area contributed by atoms with Gasteiger partial charge in [-0.15, -0.1) is 0 Å². The summed E-state index contributed by atoms with van der Waals surface area (Å²) in [5.41, 5.74) is 0.798. The molecule has 1 saturated heterocycles. The fourth-order valence-electron chi connectivity index (χ4n) is 4.03. The minimum absolute atomic E-state index is 0.0661. The summed E-state index contributed by atoms with van der Waals surface area (Å²) in [6.45, 7) is 5.07. The van der Waals surface area contributed by atoms with E-state index < -0.39 is 17.6 Å². The van der Waals surface area contributed by atoms with Crippen LogP contribution >= 0.6 is 11.6 Å². The molecule has 12 heteroatoms. The number of β-amino-alcohol motifs (C(OH)–C–C–N with tert-alkyl or cyclic N) is 1. The number of aliphatic hydroxyl groups is 1. The van der Waals surface area contributed by atoms with E-state index in [0.29, 0.717) is 30.9 Å². The molecule has 8 nitrogen and oxygen atoms in total. The maximum atomic E-state index is 13.1. The van der Waals surface area contributed by atoms with E-state index in [1.807, 2.05) is 0 Å². The van der Waals surface area contributed by atoms with Crippen molar-refractivity contribution in [1.82, 2.24) is 4.90 Å². The largest absolute Gasteiger partial charge is 0.416 e. The molecule has 1 heterocycles. The number of nitrogens with two attached hydrogens (primary N) is 1. The number of rotatable bonds is 8. The zero-order chi connectivity index (χ0) is 27.2.